The second-order valence-corrected chi connectivity index (χ2v) is 13.3. The zero-order valence-corrected chi connectivity index (χ0v) is 25.9. The highest BCUT2D eigenvalue weighted by atomic mass is 35.5. The van der Waals surface area contributed by atoms with Crippen LogP contribution in [0.1, 0.15) is 43.7 Å². The maximum atomic E-state index is 14.1. The molecule has 1 fully saturated rings. The minimum Gasteiger partial charge on any atom is -0.352 e. The number of anilines is 1. The Balaban J connectivity index is 1.72. The van der Waals surface area contributed by atoms with Gasteiger partial charge >= 0.3 is 0 Å². The molecule has 3 aromatic rings. The Morgan fingerprint density at radius 2 is 1.56 bits per heavy atom. The lowest BCUT2D eigenvalue weighted by atomic mass is 10.1. The van der Waals surface area contributed by atoms with E-state index in [1.165, 1.54) is 29.2 Å². The predicted octanol–water partition coefficient (Wildman–Crippen LogP) is 6.63. The zero-order valence-electron chi connectivity index (χ0n) is 22.8. The Bertz CT molecular complexity index is 1490. The number of hydrogen-bond acceptors (Lipinski definition) is 4. The third-order valence-corrected chi connectivity index (χ3v) is 9.98. The van der Waals surface area contributed by atoms with Gasteiger partial charge in [0.15, 0.2) is 0 Å². The molecular formula is C30H32Cl3N3O4S. The van der Waals surface area contributed by atoms with Crippen LogP contribution in [0, 0.1) is 6.92 Å². The quantitative estimate of drug-likeness (QED) is 0.271. The molecule has 1 saturated carbocycles. The number of carbonyl (C=O) groups is 2. The SMILES string of the molecule is Cc1cccc(N(CC(=O)N(Cc2c(Cl)cccc2Cl)[C@@H](C)C(=O)NC2CCCC2)S(=O)(=O)c2ccc(Cl)cc2)c1. The first kappa shape index (κ1) is 31.2. The molecule has 4 rings (SSSR count). The van der Waals surface area contributed by atoms with Crippen LogP contribution in [0.4, 0.5) is 5.69 Å². The first-order valence-electron chi connectivity index (χ1n) is 13.3. The van der Waals surface area contributed by atoms with E-state index >= 15 is 0 Å². The standard InChI is InChI=1S/C30H32Cl3N3O4S/c1-20-7-5-10-24(17-20)36(41(39,40)25-15-13-22(31)14-16-25)19-29(37)35(18-26-27(32)11-6-12-28(26)33)21(2)30(38)34-23-8-3-4-9-23/h5-7,10-17,21,23H,3-4,8-9,18-19H2,1-2H3,(H,34,38)/t21-/m0/s1. The van der Waals surface area contributed by atoms with Crippen LogP contribution in [0.2, 0.25) is 15.1 Å². The van der Waals surface area contributed by atoms with E-state index < -0.39 is 28.5 Å². The topological polar surface area (TPSA) is 86.8 Å². The van der Waals surface area contributed by atoms with Crippen molar-refractivity contribution < 1.29 is 18.0 Å². The fourth-order valence-corrected chi connectivity index (χ4v) is 6.92. The Morgan fingerprint density at radius 3 is 2.17 bits per heavy atom. The van der Waals surface area contributed by atoms with E-state index in [0.29, 0.717) is 26.3 Å². The van der Waals surface area contributed by atoms with E-state index in [1.807, 2.05) is 13.0 Å². The summed E-state index contributed by atoms with van der Waals surface area (Å²) < 4.78 is 28.9. The van der Waals surface area contributed by atoms with Gasteiger partial charge in [-0.25, -0.2) is 8.42 Å². The molecule has 0 spiro atoms. The van der Waals surface area contributed by atoms with Crippen molar-refractivity contribution in [2.24, 2.45) is 0 Å². The number of hydrogen-bond donors (Lipinski definition) is 1. The van der Waals surface area contributed by atoms with Crippen molar-refractivity contribution in [3.63, 3.8) is 0 Å². The summed E-state index contributed by atoms with van der Waals surface area (Å²) >= 11 is 18.9. The number of sulfonamides is 1. The predicted molar refractivity (Wildman–Crippen MR) is 164 cm³/mol. The van der Waals surface area contributed by atoms with Gasteiger partial charge in [-0.2, -0.15) is 0 Å². The van der Waals surface area contributed by atoms with Crippen LogP contribution < -0.4 is 9.62 Å². The van der Waals surface area contributed by atoms with Crippen LogP contribution >= 0.6 is 34.8 Å². The molecule has 1 aliphatic carbocycles. The molecule has 7 nitrogen and oxygen atoms in total. The van der Waals surface area contributed by atoms with Gasteiger partial charge in [0.1, 0.15) is 12.6 Å². The van der Waals surface area contributed by atoms with Crippen molar-refractivity contribution in [2.45, 2.75) is 63.1 Å². The normalized spacial score (nSPS) is 14.5. The minimum atomic E-state index is -4.20. The molecule has 0 bridgehead atoms. The third-order valence-electron chi connectivity index (χ3n) is 7.23. The van der Waals surface area contributed by atoms with Gasteiger partial charge in [0.25, 0.3) is 10.0 Å². The minimum absolute atomic E-state index is 0.0241. The molecule has 0 saturated heterocycles. The lowest BCUT2D eigenvalue weighted by Gasteiger charge is -2.33. The smallest absolute Gasteiger partial charge is 0.264 e. The van der Waals surface area contributed by atoms with Crippen LogP contribution in [-0.2, 0) is 26.2 Å². The van der Waals surface area contributed by atoms with Crippen molar-refractivity contribution in [1.29, 1.82) is 0 Å². The van der Waals surface area contributed by atoms with Crippen molar-refractivity contribution in [3.05, 3.63) is 92.9 Å². The summed E-state index contributed by atoms with van der Waals surface area (Å²) in [5, 5.41) is 4.09. The lowest BCUT2D eigenvalue weighted by molar-refractivity contribution is -0.139. The second kappa shape index (κ2) is 13.5. The van der Waals surface area contributed by atoms with Crippen LogP contribution in [0.3, 0.4) is 0 Å². The molecule has 0 aliphatic heterocycles. The maximum Gasteiger partial charge on any atom is 0.264 e. The van der Waals surface area contributed by atoms with Gasteiger partial charge < -0.3 is 10.2 Å². The molecule has 218 valence electrons. The molecule has 3 aromatic carbocycles. The van der Waals surface area contributed by atoms with E-state index in [1.54, 1.807) is 43.3 Å². The molecule has 1 aliphatic rings. The van der Waals surface area contributed by atoms with Crippen molar-refractivity contribution in [1.82, 2.24) is 10.2 Å². The van der Waals surface area contributed by atoms with Gasteiger partial charge in [0.2, 0.25) is 11.8 Å². The summed E-state index contributed by atoms with van der Waals surface area (Å²) in [4.78, 5) is 28.7. The summed E-state index contributed by atoms with van der Waals surface area (Å²) in [6.45, 7) is 2.81. The molecule has 0 radical (unpaired) electrons. The summed E-state index contributed by atoms with van der Waals surface area (Å²) in [5.74, 6) is -0.912. The van der Waals surface area contributed by atoms with Crippen LogP contribution in [-0.4, -0.2) is 43.8 Å². The van der Waals surface area contributed by atoms with Gasteiger partial charge in [-0.05, 0) is 80.8 Å². The van der Waals surface area contributed by atoms with E-state index in [0.717, 1.165) is 35.6 Å². The molecule has 0 aromatic heterocycles. The Kier molecular flexibility index (Phi) is 10.2. The first-order valence-corrected chi connectivity index (χ1v) is 15.9. The monoisotopic (exact) mass is 635 g/mol. The number of amides is 2. The highest BCUT2D eigenvalue weighted by Crippen LogP contribution is 2.29. The van der Waals surface area contributed by atoms with Crippen molar-refractivity contribution in [2.75, 3.05) is 10.8 Å². The summed E-state index contributed by atoms with van der Waals surface area (Å²) in [6.07, 6.45) is 3.82. The number of benzene rings is 3. The van der Waals surface area contributed by atoms with Gasteiger partial charge in [-0.1, -0.05) is 65.8 Å². The van der Waals surface area contributed by atoms with Crippen molar-refractivity contribution >= 4 is 62.3 Å². The molecule has 0 unspecified atom stereocenters. The van der Waals surface area contributed by atoms with Gasteiger partial charge in [0.05, 0.1) is 10.6 Å². The highest BCUT2D eigenvalue weighted by Gasteiger charge is 2.34. The average molecular weight is 637 g/mol. The third kappa shape index (κ3) is 7.55. The van der Waals surface area contributed by atoms with Gasteiger partial charge in [0, 0.05) is 33.2 Å². The van der Waals surface area contributed by atoms with Gasteiger partial charge in [-0.3, -0.25) is 13.9 Å². The molecule has 11 heteroatoms. The summed E-state index contributed by atoms with van der Waals surface area (Å²) in [5.41, 5.74) is 1.59. The van der Waals surface area contributed by atoms with Gasteiger partial charge in [-0.15, -0.1) is 0 Å². The number of nitrogens with one attached hydrogen (secondary N) is 1. The van der Waals surface area contributed by atoms with E-state index in [-0.39, 0.29) is 23.4 Å². The van der Waals surface area contributed by atoms with Crippen LogP contribution in [0.25, 0.3) is 0 Å². The van der Waals surface area contributed by atoms with E-state index in [4.69, 9.17) is 34.8 Å². The van der Waals surface area contributed by atoms with Crippen molar-refractivity contribution in [3.8, 4) is 0 Å². The number of halogens is 3. The molecule has 2 amide bonds. The zero-order chi connectivity index (χ0) is 29.7. The number of aryl methyl sites for hydroxylation is 1. The summed E-state index contributed by atoms with van der Waals surface area (Å²) in [7, 11) is -4.20. The molecule has 1 N–H and O–H groups in total. The molecule has 1 atom stereocenters. The lowest BCUT2D eigenvalue weighted by Crippen LogP contribution is -2.52. The average Bonchev–Trinajstić information content (AvgIpc) is 3.44. The molecular weight excluding hydrogens is 605 g/mol. The number of nitrogens with zero attached hydrogens (tertiary/aromatic N) is 2. The largest absolute Gasteiger partial charge is 0.352 e. The summed E-state index contributed by atoms with van der Waals surface area (Å²) in [6, 6.07) is 16.7. The maximum absolute atomic E-state index is 14.1. The Hall–Kier alpha value is -2.78. The first-order chi connectivity index (χ1) is 19.5. The molecule has 0 heterocycles. The Morgan fingerprint density at radius 1 is 0.951 bits per heavy atom. The highest BCUT2D eigenvalue weighted by molar-refractivity contribution is 7.92. The molecule has 41 heavy (non-hydrogen) atoms. The number of rotatable bonds is 10. The Labute approximate surface area is 256 Å². The fraction of sp³-hybridized carbons (Fsp3) is 0.333. The fourth-order valence-electron chi connectivity index (χ4n) is 4.87. The van der Waals surface area contributed by atoms with E-state index in [9.17, 15) is 18.0 Å². The van der Waals surface area contributed by atoms with Crippen LogP contribution in [0.5, 0.6) is 0 Å². The van der Waals surface area contributed by atoms with Crippen LogP contribution in [0.15, 0.2) is 71.6 Å². The second-order valence-electron chi connectivity index (χ2n) is 10.2. The number of carbonyl (C=O) groups excluding carboxylic acids is 2. The van der Waals surface area contributed by atoms with E-state index in [2.05, 4.69) is 5.32 Å².